The van der Waals surface area contributed by atoms with Gasteiger partial charge >= 0.3 is 0 Å². The molecule has 0 N–H and O–H groups in total. The zero-order chi connectivity index (χ0) is 20.3. The molecule has 1 unspecified atom stereocenters. The van der Waals surface area contributed by atoms with Gasteiger partial charge in [-0.25, -0.2) is 17.2 Å². The van der Waals surface area contributed by atoms with Crippen molar-refractivity contribution < 1.29 is 26.7 Å². The second kappa shape index (κ2) is 8.09. The molecule has 1 radical (unpaired) electrons. The number of hydrogen-bond acceptors (Lipinski definition) is 4. The molecule has 1 fully saturated rings. The lowest BCUT2D eigenvalue weighted by molar-refractivity contribution is -0.122. The largest absolute Gasteiger partial charge is 0.474 e. The van der Waals surface area contributed by atoms with Crippen molar-refractivity contribution in [2.24, 2.45) is 0 Å². The lowest BCUT2D eigenvalue weighted by atomic mass is 10.1. The van der Waals surface area contributed by atoms with E-state index >= 15 is 0 Å². The highest BCUT2D eigenvalue weighted by Crippen LogP contribution is 2.34. The monoisotopic (exact) mass is 403 g/mol. The van der Waals surface area contributed by atoms with Crippen LogP contribution in [0.1, 0.15) is 31.4 Å². The predicted molar refractivity (Wildman–Crippen MR) is 98.4 cm³/mol. The molecule has 0 spiro atoms. The standard InChI is InChI=1S/C21H17F2O4S/c1-2-3-4-19(24)21(27-20-12-7-15(22)13-18(20)23)14-5-8-16(9-6-14)28(25,26)17-10-11-17/h2,5-9,12-13,17,21H,10-11H2,1H3. The number of hydrogen-bond donors (Lipinski definition) is 0. The molecular formula is C21H17F2O4S. The van der Waals surface area contributed by atoms with Crippen LogP contribution in [0.3, 0.4) is 0 Å². The first-order valence-electron chi connectivity index (χ1n) is 8.61. The summed E-state index contributed by atoms with van der Waals surface area (Å²) in [6.07, 6.45) is 3.84. The topological polar surface area (TPSA) is 60.4 Å². The molecule has 28 heavy (non-hydrogen) atoms. The molecule has 0 bridgehead atoms. The van der Waals surface area contributed by atoms with Crippen LogP contribution >= 0.6 is 0 Å². The summed E-state index contributed by atoms with van der Waals surface area (Å²) in [6.45, 7) is 1.65. The normalized spacial score (nSPS) is 14.7. The third-order valence-corrected chi connectivity index (χ3v) is 6.47. The Balaban J connectivity index is 1.94. The number of benzene rings is 2. The molecule has 0 aliphatic heterocycles. The van der Waals surface area contributed by atoms with Crippen molar-refractivity contribution in [3.05, 3.63) is 77.5 Å². The van der Waals surface area contributed by atoms with Crippen LogP contribution < -0.4 is 4.74 Å². The van der Waals surface area contributed by atoms with Gasteiger partial charge in [0.05, 0.1) is 16.2 Å². The fourth-order valence-electron chi connectivity index (χ4n) is 2.58. The average Bonchev–Trinajstić information content (AvgIpc) is 3.51. The van der Waals surface area contributed by atoms with Gasteiger partial charge in [-0.2, -0.15) is 0 Å². The highest BCUT2D eigenvalue weighted by Gasteiger charge is 2.37. The van der Waals surface area contributed by atoms with Crippen LogP contribution in [0.5, 0.6) is 5.75 Å². The van der Waals surface area contributed by atoms with E-state index in [0.29, 0.717) is 24.5 Å². The van der Waals surface area contributed by atoms with Gasteiger partial charge in [0.25, 0.3) is 0 Å². The Bertz CT molecular complexity index is 1050. The zero-order valence-electron chi connectivity index (χ0n) is 15.0. The van der Waals surface area contributed by atoms with Gasteiger partial charge in [-0.05, 0) is 50.1 Å². The molecule has 4 nitrogen and oxygen atoms in total. The summed E-state index contributed by atoms with van der Waals surface area (Å²) in [5.41, 5.74) is 2.83. The highest BCUT2D eigenvalue weighted by molar-refractivity contribution is 7.92. The Morgan fingerprint density at radius 2 is 1.86 bits per heavy atom. The van der Waals surface area contributed by atoms with E-state index < -0.39 is 33.4 Å². The van der Waals surface area contributed by atoms with E-state index in [1.807, 2.05) is 0 Å². The summed E-state index contributed by atoms with van der Waals surface area (Å²) < 4.78 is 57.2. The fraction of sp³-hybridized carbons (Fsp3) is 0.238. The Hall–Kier alpha value is -2.76. The maximum absolute atomic E-state index is 14.0. The number of carbonyl (C=O) groups is 1. The van der Waals surface area contributed by atoms with Crippen LogP contribution in [-0.2, 0) is 14.6 Å². The summed E-state index contributed by atoms with van der Waals surface area (Å²) in [6, 6.07) is 8.41. The van der Waals surface area contributed by atoms with Crippen LogP contribution in [0, 0.1) is 17.7 Å². The van der Waals surface area contributed by atoms with Crippen molar-refractivity contribution in [2.45, 2.75) is 36.0 Å². The van der Waals surface area contributed by atoms with Gasteiger partial charge in [0.15, 0.2) is 27.5 Å². The predicted octanol–water partition coefficient (Wildman–Crippen LogP) is 4.12. The summed E-state index contributed by atoms with van der Waals surface area (Å²) in [7, 11) is -3.37. The minimum atomic E-state index is -3.37. The van der Waals surface area contributed by atoms with Gasteiger partial charge in [-0.1, -0.05) is 12.1 Å². The molecular weight excluding hydrogens is 386 g/mol. The van der Waals surface area contributed by atoms with Crippen molar-refractivity contribution in [1.29, 1.82) is 0 Å². The fourth-order valence-corrected chi connectivity index (χ4v) is 4.24. The van der Waals surface area contributed by atoms with E-state index in [-0.39, 0.29) is 15.9 Å². The minimum Gasteiger partial charge on any atom is -0.474 e. The first-order chi connectivity index (χ1) is 13.3. The van der Waals surface area contributed by atoms with Crippen LogP contribution in [0.15, 0.2) is 59.2 Å². The van der Waals surface area contributed by atoms with E-state index in [2.05, 4.69) is 11.8 Å². The molecule has 3 rings (SSSR count). The number of ether oxygens (including phenoxy) is 1. The molecule has 1 atom stereocenters. The lowest BCUT2D eigenvalue weighted by Crippen LogP contribution is -2.18. The van der Waals surface area contributed by atoms with Crippen LogP contribution in [0.25, 0.3) is 0 Å². The number of carbonyl (C=O) groups excluding carboxylic acids is 1. The zero-order valence-corrected chi connectivity index (χ0v) is 15.8. The molecule has 7 heteroatoms. The summed E-state index contributed by atoms with van der Waals surface area (Å²) in [5, 5.41) is -0.355. The second-order valence-electron chi connectivity index (χ2n) is 6.31. The summed E-state index contributed by atoms with van der Waals surface area (Å²) in [5.74, 6) is -2.68. The second-order valence-corrected chi connectivity index (χ2v) is 8.54. The number of halogens is 2. The van der Waals surface area contributed by atoms with Gasteiger partial charge in [0.2, 0.25) is 5.78 Å². The Kier molecular flexibility index (Phi) is 5.77. The van der Waals surface area contributed by atoms with Gasteiger partial charge in [0, 0.05) is 11.6 Å². The van der Waals surface area contributed by atoms with Gasteiger partial charge < -0.3 is 4.74 Å². The molecule has 0 saturated heterocycles. The Labute approximate surface area is 162 Å². The van der Waals surface area contributed by atoms with Crippen LogP contribution in [-0.4, -0.2) is 19.5 Å². The highest BCUT2D eigenvalue weighted by atomic mass is 32.2. The van der Waals surface area contributed by atoms with Crippen LogP contribution in [0.4, 0.5) is 8.78 Å². The molecule has 1 saturated carbocycles. The number of ketones is 1. The average molecular weight is 403 g/mol. The Morgan fingerprint density at radius 1 is 1.18 bits per heavy atom. The quantitative estimate of drug-likeness (QED) is 0.515. The van der Waals surface area contributed by atoms with E-state index in [4.69, 9.17) is 4.74 Å². The SMILES string of the molecule is CC=C=[C]C(=O)C(Oc1ccc(F)cc1F)c1ccc(S(=O)(=O)C2CC2)cc1. The van der Waals surface area contributed by atoms with Crippen molar-refractivity contribution in [3.63, 3.8) is 0 Å². The number of rotatable bonds is 7. The Morgan fingerprint density at radius 3 is 2.43 bits per heavy atom. The summed E-state index contributed by atoms with van der Waals surface area (Å²) in [4.78, 5) is 12.6. The summed E-state index contributed by atoms with van der Waals surface area (Å²) >= 11 is 0. The van der Waals surface area contributed by atoms with Gasteiger partial charge in [0.1, 0.15) is 5.82 Å². The van der Waals surface area contributed by atoms with Gasteiger partial charge in [-0.3, -0.25) is 4.79 Å². The van der Waals surface area contributed by atoms with Gasteiger partial charge in [-0.15, -0.1) is 5.73 Å². The molecule has 1 aliphatic rings. The smallest absolute Gasteiger partial charge is 0.217 e. The molecule has 0 amide bonds. The maximum Gasteiger partial charge on any atom is 0.217 e. The van der Waals surface area contributed by atoms with E-state index in [9.17, 15) is 22.0 Å². The molecule has 1 aliphatic carbocycles. The van der Waals surface area contributed by atoms with E-state index in [0.717, 1.165) is 12.1 Å². The van der Waals surface area contributed by atoms with Crippen molar-refractivity contribution in [2.75, 3.05) is 0 Å². The minimum absolute atomic E-state index is 0.158. The van der Waals surface area contributed by atoms with Crippen molar-refractivity contribution >= 4 is 15.6 Å². The maximum atomic E-state index is 14.0. The third-order valence-electron chi connectivity index (χ3n) is 4.19. The molecule has 0 aromatic heterocycles. The first kappa shape index (κ1) is 20.0. The van der Waals surface area contributed by atoms with Crippen LogP contribution in [0.2, 0.25) is 0 Å². The molecule has 2 aromatic carbocycles. The molecule has 2 aromatic rings. The van der Waals surface area contributed by atoms with E-state index in [1.165, 1.54) is 30.3 Å². The number of sulfone groups is 1. The first-order valence-corrected chi connectivity index (χ1v) is 10.2. The third kappa shape index (κ3) is 4.38. The lowest BCUT2D eigenvalue weighted by Gasteiger charge is -2.17. The molecule has 0 heterocycles. The van der Waals surface area contributed by atoms with E-state index in [1.54, 1.807) is 6.92 Å². The molecule has 145 valence electrons. The number of Topliss-reactive ketones (excluding diaryl/α,β-unsaturated/α-hetero) is 1. The van der Waals surface area contributed by atoms with Crippen molar-refractivity contribution in [1.82, 2.24) is 0 Å². The van der Waals surface area contributed by atoms with Crippen molar-refractivity contribution in [3.8, 4) is 5.75 Å².